The lowest BCUT2D eigenvalue weighted by Crippen LogP contribution is -2.25. The monoisotopic (exact) mass is 366 g/mol. The predicted octanol–water partition coefficient (Wildman–Crippen LogP) is 4.35. The molecule has 2 aliphatic rings. The lowest BCUT2D eigenvalue weighted by atomic mass is 10.1. The molecule has 0 aromatic heterocycles. The molecular weight excluding hydrogens is 340 g/mol. The van der Waals surface area contributed by atoms with Crippen molar-refractivity contribution in [3.63, 3.8) is 0 Å². The van der Waals surface area contributed by atoms with Crippen molar-refractivity contribution in [1.29, 1.82) is 0 Å². The van der Waals surface area contributed by atoms with E-state index in [1.807, 2.05) is 49.5 Å². The Labute approximate surface area is 160 Å². The topological polar surface area (TPSA) is 42.0 Å². The van der Waals surface area contributed by atoms with Crippen LogP contribution in [0, 0.1) is 0 Å². The van der Waals surface area contributed by atoms with Gasteiger partial charge in [-0.15, -0.1) is 0 Å². The SMILES string of the molecule is CN1C(=O)c2ccccc2N(CCCOC2CCCCO2)c2ccccc21. The maximum absolute atomic E-state index is 12.9. The van der Waals surface area contributed by atoms with Crippen LogP contribution >= 0.6 is 0 Å². The van der Waals surface area contributed by atoms with Crippen LogP contribution in [0.5, 0.6) is 0 Å². The number of carbonyl (C=O) groups excluding carboxylic acids is 1. The molecule has 0 radical (unpaired) electrons. The summed E-state index contributed by atoms with van der Waals surface area (Å²) < 4.78 is 11.5. The van der Waals surface area contributed by atoms with E-state index in [4.69, 9.17) is 9.47 Å². The molecule has 142 valence electrons. The van der Waals surface area contributed by atoms with Crippen molar-refractivity contribution in [2.45, 2.75) is 32.0 Å². The van der Waals surface area contributed by atoms with Crippen molar-refractivity contribution < 1.29 is 14.3 Å². The zero-order valence-electron chi connectivity index (χ0n) is 15.8. The van der Waals surface area contributed by atoms with Crippen LogP contribution in [0.1, 0.15) is 36.0 Å². The highest BCUT2D eigenvalue weighted by Gasteiger charge is 2.28. The summed E-state index contributed by atoms with van der Waals surface area (Å²) in [6, 6.07) is 15.9. The Morgan fingerprint density at radius 3 is 2.56 bits per heavy atom. The normalized spacial score (nSPS) is 19.4. The summed E-state index contributed by atoms with van der Waals surface area (Å²) in [6.45, 7) is 2.23. The van der Waals surface area contributed by atoms with Gasteiger partial charge in [0.1, 0.15) is 0 Å². The highest BCUT2D eigenvalue weighted by atomic mass is 16.7. The Bertz CT molecular complexity index is 802. The average Bonchev–Trinajstić information content (AvgIpc) is 2.81. The largest absolute Gasteiger partial charge is 0.353 e. The first-order chi connectivity index (χ1) is 13.3. The summed E-state index contributed by atoms with van der Waals surface area (Å²) in [7, 11) is 1.84. The van der Waals surface area contributed by atoms with E-state index >= 15 is 0 Å². The number of hydrogen-bond donors (Lipinski definition) is 0. The molecule has 0 saturated carbocycles. The van der Waals surface area contributed by atoms with Crippen molar-refractivity contribution >= 4 is 23.0 Å². The number of hydrogen-bond acceptors (Lipinski definition) is 4. The summed E-state index contributed by atoms with van der Waals surface area (Å²) in [5.74, 6) is 0.0207. The molecule has 5 nitrogen and oxygen atoms in total. The van der Waals surface area contributed by atoms with E-state index < -0.39 is 0 Å². The first-order valence-electron chi connectivity index (χ1n) is 9.72. The molecular formula is C22H26N2O3. The third kappa shape index (κ3) is 3.70. The van der Waals surface area contributed by atoms with Gasteiger partial charge in [0.25, 0.3) is 5.91 Å². The molecule has 2 aliphatic heterocycles. The van der Waals surface area contributed by atoms with E-state index in [-0.39, 0.29) is 12.2 Å². The van der Waals surface area contributed by atoms with Crippen LogP contribution in [0.4, 0.5) is 17.1 Å². The number of benzene rings is 2. The summed E-state index contributed by atoms with van der Waals surface area (Å²) >= 11 is 0. The van der Waals surface area contributed by atoms with Gasteiger partial charge in [-0.2, -0.15) is 0 Å². The lowest BCUT2D eigenvalue weighted by molar-refractivity contribution is -0.162. The Morgan fingerprint density at radius 1 is 1.04 bits per heavy atom. The Morgan fingerprint density at radius 2 is 1.78 bits per heavy atom. The minimum Gasteiger partial charge on any atom is -0.353 e. The number of para-hydroxylation sites is 3. The van der Waals surface area contributed by atoms with Crippen molar-refractivity contribution in [2.24, 2.45) is 0 Å². The van der Waals surface area contributed by atoms with E-state index in [0.717, 1.165) is 55.0 Å². The van der Waals surface area contributed by atoms with Gasteiger partial charge in [0.2, 0.25) is 0 Å². The number of ether oxygens (including phenoxy) is 2. The molecule has 27 heavy (non-hydrogen) atoms. The molecule has 0 aliphatic carbocycles. The molecule has 5 heteroatoms. The van der Waals surface area contributed by atoms with E-state index in [1.165, 1.54) is 6.42 Å². The van der Waals surface area contributed by atoms with Crippen molar-refractivity contribution in [2.75, 3.05) is 36.6 Å². The molecule has 2 aromatic carbocycles. The maximum atomic E-state index is 12.9. The first-order valence-corrected chi connectivity index (χ1v) is 9.72. The quantitative estimate of drug-likeness (QED) is 0.738. The third-order valence-corrected chi connectivity index (χ3v) is 5.23. The smallest absolute Gasteiger partial charge is 0.260 e. The Balaban J connectivity index is 1.54. The zero-order valence-corrected chi connectivity index (χ0v) is 15.8. The summed E-state index contributed by atoms with van der Waals surface area (Å²) in [6.07, 6.45) is 4.08. The van der Waals surface area contributed by atoms with E-state index in [9.17, 15) is 4.79 Å². The molecule has 1 amide bonds. The van der Waals surface area contributed by atoms with Gasteiger partial charge in [-0.1, -0.05) is 24.3 Å². The second-order valence-electron chi connectivity index (χ2n) is 7.04. The summed E-state index contributed by atoms with van der Waals surface area (Å²) in [4.78, 5) is 16.9. The van der Waals surface area contributed by atoms with Crippen LogP contribution in [0.3, 0.4) is 0 Å². The molecule has 0 spiro atoms. The average molecular weight is 366 g/mol. The number of anilines is 3. The van der Waals surface area contributed by atoms with E-state index in [0.29, 0.717) is 6.61 Å². The second-order valence-corrected chi connectivity index (χ2v) is 7.04. The zero-order chi connectivity index (χ0) is 18.6. The molecule has 1 atom stereocenters. The van der Waals surface area contributed by atoms with Gasteiger partial charge in [0, 0.05) is 20.2 Å². The number of amides is 1. The van der Waals surface area contributed by atoms with E-state index in [2.05, 4.69) is 11.0 Å². The maximum Gasteiger partial charge on any atom is 0.260 e. The number of carbonyl (C=O) groups is 1. The fourth-order valence-electron chi connectivity index (χ4n) is 3.81. The van der Waals surface area contributed by atoms with Crippen LogP contribution in [0.25, 0.3) is 0 Å². The van der Waals surface area contributed by atoms with Gasteiger partial charge in [-0.05, 0) is 49.9 Å². The summed E-state index contributed by atoms with van der Waals surface area (Å²) in [5.41, 5.74) is 3.66. The number of nitrogens with zero attached hydrogens (tertiary/aromatic N) is 2. The molecule has 0 N–H and O–H groups in total. The fraction of sp³-hybridized carbons (Fsp3) is 0.409. The molecule has 1 unspecified atom stereocenters. The van der Waals surface area contributed by atoms with Crippen molar-refractivity contribution in [1.82, 2.24) is 0 Å². The van der Waals surface area contributed by atoms with Gasteiger partial charge in [-0.25, -0.2) is 0 Å². The second kappa shape index (κ2) is 8.11. The highest BCUT2D eigenvalue weighted by molar-refractivity contribution is 6.13. The number of rotatable bonds is 5. The molecule has 2 aromatic rings. The van der Waals surface area contributed by atoms with Crippen LogP contribution in [0.2, 0.25) is 0 Å². The minimum atomic E-state index is -0.0600. The molecule has 2 heterocycles. The molecule has 1 fully saturated rings. The fourth-order valence-corrected chi connectivity index (χ4v) is 3.81. The lowest BCUT2D eigenvalue weighted by Gasteiger charge is -2.27. The molecule has 4 rings (SSSR count). The van der Waals surface area contributed by atoms with Crippen LogP contribution in [-0.2, 0) is 9.47 Å². The Hall–Kier alpha value is -2.37. The van der Waals surface area contributed by atoms with Crippen LogP contribution < -0.4 is 9.80 Å². The standard InChI is InChI=1S/C22H26N2O3/c1-23-19-11-4-5-12-20(19)24(18-10-3-2-9-17(18)22(23)25)14-8-16-27-21-13-6-7-15-26-21/h2-5,9-12,21H,6-8,13-16H2,1H3. The number of fused-ring (bicyclic) bond motifs is 2. The van der Waals surface area contributed by atoms with Gasteiger partial charge >= 0.3 is 0 Å². The van der Waals surface area contributed by atoms with Crippen LogP contribution in [-0.4, -0.2) is 39.0 Å². The van der Waals surface area contributed by atoms with Gasteiger partial charge in [0.05, 0.1) is 29.2 Å². The highest BCUT2D eigenvalue weighted by Crippen LogP contribution is 2.39. The first kappa shape index (κ1) is 18.0. The van der Waals surface area contributed by atoms with Crippen molar-refractivity contribution in [3.05, 3.63) is 54.1 Å². The van der Waals surface area contributed by atoms with E-state index in [1.54, 1.807) is 4.90 Å². The van der Waals surface area contributed by atoms with Crippen molar-refractivity contribution in [3.8, 4) is 0 Å². The minimum absolute atomic E-state index is 0.0207. The molecule has 0 bridgehead atoms. The van der Waals surface area contributed by atoms with Crippen LogP contribution in [0.15, 0.2) is 48.5 Å². The van der Waals surface area contributed by atoms with Gasteiger partial charge in [-0.3, -0.25) is 4.79 Å². The summed E-state index contributed by atoms with van der Waals surface area (Å²) in [5, 5.41) is 0. The molecule has 1 saturated heterocycles. The predicted molar refractivity (Wildman–Crippen MR) is 107 cm³/mol. The van der Waals surface area contributed by atoms with Gasteiger partial charge in [0.15, 0.2) is 6.29 Å². The van der Waals surface area contributed by atoms with Gasteiger partial charge < -0.3 is 19.3 Å². The third-order valence-electron chi connectivity index (χ3n) is 5.23. The Kier molecular flexibility index (Phi) is 5.41.